The summed E-state index contributed by atoms with van der Waals surface area (Å²) in [5.41, 5.74) is 2.45. The van der Waals surface area contributed by atoms with Crippen molar-refractivity contribution in [2.45, 2.75) is 20.8 Å². The lowest BCUT2D eigenvalue weighted by molar-refractivity contribution is 0.101. The summed E-state index contributed by atoms with van der Waals surface area (Å²) in [5, 5.41) is 0.470. The predicted octanol–water partition coefficient (Wildman–Crippen LogP) is 2.55. The summed E-state index contributed by atoms with van der Waals surface area (Å²) < 4.78 is 0. The minimum absolute atomic E-state index is 0.0276. The first-order chi connectivity index (χ1) is 5.54. The second-order valence-corrected chi connectivity index (χ2v) is 3.13. The number of carbonyl (C=O) groups excluding carboxylic acids is 1. The molecule has 0 aliphatic rings. The Morgan fingerprint density at radius 3 is 2.50 bits per heavy atom. The van der Waals surface area contributed by atoms with Crippen molar-refractivity contribution < 1.29 is 4.79 Å². The maximum atomic E-state index is 11.0. The number of carbonyl (C=O) groups is 1. The predicted molar refractivity (Wildman–Crippen MR) is 48.7 cm³/mol. The molecule has 1 heterocycles. The Labute approximate surface area is 76.6 Å². The minimum Gasteiger partial charge on any atom is -0.294 e. The highest BCUT2D eigenvalue weighted by Crippen LogP contribution is 2.19. The first-order valence-corrected chi connectivity index (χ1v) is 4.04. The van der Waals surface area contributed by atoms with Gasteiger partial charge in [0.15, 0.2) is 5.78 Å². The van der Waals surface area contributed by atoms with Crippen LogP contribution in [0.15, 0.2) is 6.20 Å². The molecule has 2 nitrogen and oxygen atoms in total. The Morgan fingerprint density at radius 2 is 2.00 bits per heavy atom. The molecule has 3 heteroatoms. The highest BCUT2D eigenvalue weighted by atomic mass is 35.5. The summed E-state index contributed by atoms with van der Waals surface area (Å²) in [6.45, 7) is 5.26. The maximum absolute atomic E-state index is 11.0. The number of Topliss-reactive ketones (excluding diaryl/α,β-unsaturated/α-hetero) is 1. The molecule has 0 fully saturated rings. The quantitative estimate of drug-likeness (QED) is 0.495. The van der Waals surface area contributed by atoms with E-state index in [-0.39, 0.29) is 5.78 Å². The molecule has 0 saturated heterocycles. The van der Waals surface area contributed by atoms with Gasteiger partial charge in [-0.25, -0.2) is 4.98 Å². The molecular weight excluding hydrogens is 174 g/mol. The van der Waals surface area contributed by atoms with Crippen molar-refractivity contribution in [2.24, 2.45) is 0 Å². The van der Waals surface area contributed by atoms with Gasteiger partial charge >= 0.3 is 0 Å². The van der Waals surface area contributed by atoms with Crippen molar-refractivity contribution in [3.8, 4) is 0 Å². The van der Waals surface area contributed by atoms with Gasteiger partial charge in [-0.15, -0.1) is 0 Å². The smallest absolute Gasteiger partial charge is 0.161 e. The Balaban J connectivity index is 3.36. The van der Waals surface area contributed by atoms with Gasteiger partial charge in [0.1, 0.15) is 5.15 Å². The van der Waals surface area contributed by atoms with Crippen LogP contribution in [-0.2, 0) is 0 Å². The van der Waals surface area contributed by atoms with Crippen LogP contribution in [0, 0.1) is 13.8 Å². The summed E-state index contributed by atoms with van der Waals surface area (Å²) in [6, 6.07) is 0. The molecule has 1 aromatic heterocycles. The second kappa shape index (κ2) is 3.23. The highest BCUT2D eigenvalue weighted by Gasteiger charge is 2.08. The molecule has 1 aromatic rings. The number of ketones is 1. The van der Waals surface area contributed by atoms with Crippen molar-refractivity contribution >= 4 is 17.4 Å². The van der Waals surface area contributed by atoms with E-state index in [0.717, 1.165) is 11.1 Å². The number of hydrogen-bond acceptors (Lipinski definition) is 2. The number of aromatic nitrogens is 1. The number of hydrogen-bond donors (Lipinski definition) is 0. The molecule has 64 valence electrons. The summed E-state index contributed by atoms with van der Waals surface area (Å²) >= 11 is 5.77. The van der Waals surface area contributed by atoms with Crippen molar-refractivity contribution in [1.82, 2.24) is 4.98 Å². The number of rotatable bonds is 1. The SMILES string of the molecule is CC(=O)c1cnc(Cl)c(C)c1C. The molecule has 0 radical (unpaired) electrons. The Bertz CT molecular complexity index is 334. The molecule has 0 aliphatic carbocycles. The lowest BCUT2D eigenvalue weighted by atomic mass is 10.0. The average molecular weight is 184 g/mol. The Hall–Kier alpha value is -0.890. The molecule has 0 atom stereocenters. The van der Waals surface area contributed by atoms with Crippen LogP contribution < -0.4 is 0 Å². The van der Waals surface area contributed by atoms with Crippen LogP contribution in [0.2, 0.25) is 5.15 Å². The van der Waals surface area contributed by atoms with Crippen molar-refractivity contribution in [3.63, 3.8) is 0 Å². The third-order valence-corrected chi connectivity index (χ3v) is 2.34. The molecule has 0 saturated carbocycles. The van der Waals surface area contributed by atoms with E-state index in [1.807, 2.05) is 13.8 Å². The van der Waals surface area contributed by atoms with Crippen LogP contribution in [0.1, 0.15) is 28.4 Å². The van der Waals surface area contributed by atoms with Crippen LogP contribution in [-0.4, -0.2) is 10.8 Å². The van der Waals surface area contributed by atoms with Gasteiger partial charge < -0.3 is 0 Å². The minimum atomic E-state index is 0.0276. The van der Waals surface area contributed by atoms with Crippen LogP contribution >= 0.6 is 11.6 Å². The topological polar surface area (TPSA) is 30.0 Å². The molecule has 0 aromatic carbocycles. The van der Waals surface area contributed by atoms with E-state index in [1.54, 1.807) is 0 Å². The number of halogens is 1. The van der Waals surface area contributed by atoms with Gasteiger partial charge in [-0.2, -0.15) is 0 Å². The zero-order valence-corrected chi connectivity index (χ0v) is 8.07. The zero-order chi connectivity index (χ0) is 9.30. The third-order valence-electron chi connectivity index (χ3n) is 1.96. The lowest BCUT2D eigenvalue weighted by Gasteiger charge is -2.05. The number of nitrogens with zero attached hydrogens (tertiary/aromatic N) is 1. The average Bonchev–Trinajstić information content (AvgIpc) is 2.00. The second-order valence-electron chi connectivity index (χ2n) is 2.77. The molecule has 0 N–H and O–H groups in total. The van der Waals surface area contributed by atoms with Crippen LogP contribution in [0.5, 0.6) is 0 Å². The lowest BCUT2D eigenvalue weighted by Crippen LogP contribution is -2.00. The monoisotopic (exact) mass is 183 g/mol. The van der Waals surface area contributed by atoms with Crippen molar-refractivity contribution in [1.29, 1.82) is 0 Å². The molecule has 12 heavy (non-hydrogen) atoms. The summed E-state index contributed by atoms with van der Waals surface area (Å²) in [5.74, 6) is 0.0276. The molecule has 0 unspecified atom stereocenters. The standard InChI is InChI=1S/C9H10ClNO/c1-5-6(2)9(10)11-4-8(5)7(3)12/h4H,1-3H3. The normalized spacial score (nSPS) is 10.0. The van der Waals surface area contributed by atoms with Gasteiger partial charge in [0.05, 0.1) is 0 Å². The van der Waals surface area contributed by atoms with Gasteiger partial charge in [0.25, 0.3) is 0 Å². The first-order valence-electron chi connectivity index (χ1n) is 3.66. The molecule has 0 aliphatic heterocycles. The molecule has 0 bridgehead atoms. The Morgan fingerprint density at radius 1 is 1.42 bits per heavy atom. The van der Waals surface area contributed by atoms with E-state index in [9.17, 15) is 4.79 Å². The third kappa shape index (κ3) is 1.48. The molecular formula is C9H10ClNO. The molecule has 1 rings (SSSR count). The Kier molecular flexibility index (Phi) is 2.48. The zero-order valence-electron chi connectivity index (χ0n) is 7.31. The fraction of sp³-hybridized carbons (Fsp3) is 0.333. The van der Waals surface area contributed by atoms with Crippen LogP contribution in [0.25, 0.3) is 0 Å². The van der Waals surface area contributed by atoms with Crippen molar-refractivity contribution in [3.05, 3.63) is 28.0 Å². The van der Waals surface area contributed by atoms with Gasteiger partial charge in [-0.1, -0.05) is 11.6 Å². The van der Waals surface area contributed by atoms with E-state index in [2.05, 4.69) is 4.98 Å². The fourth-order valence-corrected chi connectivity index (χ4v) is 1.22. The van der Waals surface area contributed by atoms with E-state index in [4.69, 9.17) is 11.6 Å². The van der Waals surface area contributed by atoms with Crippen LogP contribution in [0.3, 0.4) is 0 Å². The summed E-state index contributed by atoms with van der Waals surface area (Å²) in [6.07, 6.45) is 1.52. The van der Waals surface area contributed by atoms with Gasteiger partial charge in [-0.05, 0) is 31.9 Å². The molecule has 0 amide bonds. The van der Waals surface area contributed by atoms with Crippen LogP contribution in [0.4, 0.5) is 0 Å². The van der Waals surface area contributed by atoms with Gasteiger partial charge in [-0.3, -0.25) is 4.79 Å². The van der Waals surface area contributed by atoms with Gasteiger partial charge in [0, 0.05) is 11.8 Å². The van der Waals surface area contributed by atoms with E-state index >= 15 is 0 Å². The van der Waals surface area contributed by atoms with E-state index < -0.39 is 0 Å². The fourth-order valence-electron chi connectivity index (χ4n) is 1.03. The largest absolute Gasteiger partial charge is 0.294 e. The number of pyridine rings is 1. The van der Waals surface area contributed by atoms with E-state index in [1.165, 1.54) is 13.1 Å². The highest BCUT2D eigenvalue weighted by molar-refractivity contribution is 6.30. The van der Waals surface area contributed by atoms with E-state index in [0.29, 0.717) is 10.7 Å². The summed E-state index contributed by atoms with van der Waals surface area (Å²) in [4.78, 5) is 15.0. The first kappa shape index (κ1) is 9.20. The molecule has 0 spiro atoms. The van der Waals surface area contributed by atoms with Crippen molar-refractivity contribution in [2.75, 3.05) is 0 Å². The summed E-state index contributed by atoms with van der Waals surface area (Å²) in [7, 11) is 0. The maximum Gasteiger partial charge on any atom is 0.161 e. The van der Waals surface area contributed by atoms with Gasteiger partial charge in [0.2, 0.25) is 0 Å².